The SMILES string of the molecule is CN[C@@H](C)C(=O)N[C@H](C(=O)N1C[C@@H]2C[C@H]1C(=O)N[C@@H](Cc1ccc(OC)c(OC)c1)C(=O)N[C@H](C(=O)O)Cc1ccc(cc1)OCc1cn(nn1)[C@H]1C[C@@H](C(=O)N[C@@H](Cc3ccc(OC)c(OC)c3)C(=O)N[C@H](C(=O)O)Cc3ccc(cc3)OCc3cn2nn3)N(C(=O)[C@@H](NC(=O)[C@H](C)NC)C2CCCCC2)C1)C1CCCCC1. The van der Waals surface area contributed by atoms with Crippen LogP contribution in [-0.2, 0) is 86.8 Å². The second-order valence-electron chi connectivity index (χ2n) is 29.9. The molecule has 2 aliphatic carbocycles. The summed E-state index contributed by atoms with van der Waals surface area (Å²) in [6.07, 6.45) is 10.0. The lowest BCUT2D eigenvalue weighted by molar-refractivity contribution is -0.144. The van der Waals surface area contributed by atoms with Gasteiger partial charge in [-0.15, -0.1) is 10.2 Å². The zero-order valence-corrected chi connectivity index (χ0v) is 65.5. The van der Waals surface area contributed by atoms with Gasteiger partial charge in [-0.05, 0) is 136 Å². The van der Waals surface area contributed by atoms with E-state index in [4.69, 9.17) is 28.4 Å². The Morgan fingerprint density at radius 1 is 0.500 bits per heavy atom. The van der Waals surface area contributed by atoms with Crippen molar-refractivity contribution >= 4 is 59.2 Å². The Morgan fingerprint density at radius 3 is 1.21 bits per heavy atom. The standard InChI is InChI=1S/C80H104N16O18/c1-45(81-3)71(97)87-69(51-15-11-9-12-16-51)77(103)93-41-55-37-63(93)75(101)83-59(33-49-23-29-65(109-5)67(35-49)111-7)73(99)85-61(79(105)106)31-47-21-27-58(28-22-47)114-44-54-40-96(92-90-54)56-38-64(94(42-56)78(104)70(52-17-13-10-14-18-52)88-72(98)46(2)82-4)76(102)84-60(34-50-24-30-66(110-6)68(36-50)112-8)74(100)86-62(80(107)108)32-48-19-25-57(26-20-48)113-43-53-39-95(55)91-89-53/h19-30,35-36,39-40,45-46,51-52,55-56,59-64,69-70,81-82H,9-18,31-34,37-38,41-44H2,1-8H3,(H,83,101)(H,84,102)(H,85,99)(H,86,100)(H,87,97)(H,88,98)(H,105,106)(H,107,108)/t45-,46-,55-,56-,59-,60-,61-,62-,63-,64-,69-,70-/m0/s1. The van der Waals surface area contributed by atoms with Crippen molar-refractivity contribution in [2.24, 2.45) is 11.8 Å². The fourth-order valence-electron chi connectivity index (χ4n) is 15.6. The number of methoxy groups -OCH3 is 4. The van der Waals surface area contributed by atoms with Gasteiger partial charge < -0.3 is 91.0 Å². The number of hydrogen-bond donors (Lipinski definition) is 10. The molecule has 2 aromatic heterocycles. The third kappa shape index (κ3) is 20.9. The fourth-order valence-corrected chi connectivity index (χ4v) is 15.6. The van der Waals surface area contributed by atoms with Crippen LogP contribution in [0.1, 0.15) is 137 Å². The average Bonchev–Trinajstić information content (AvgIpc) is 1.63. The van der Waals surface area contributed by atoms with Crippen molar-refractivity contribution in [2.45, 2.75) is 202 Å². The normalized spacial score (nSPS) is 22.8. The summed E-state index contributed by atoms with van der Waals surface area (Å²) in [7, 11) is 9.07. The minimum Gasteiger partial charge on any atom is -0.493 e. The number of carbonyl (C=O) groups excluding carboxylic acids is 8. The molecule has 10 N–H and O–H groups in total. The molecule has 8 aliphatic rings. The first-order valence-corrected chi connectivity index (χ1v) is 38.9. The Labute approximate surface area is 660 Å². The van der Waals surface area contributed by atoms with Crippen LogP contribution in [0.2, 0.25) is 0 Å². The van der Waals surface area contributed by atoms with Crippen LogP contribution in [0.25, 0.3) is 0 Å². The third-order valence-corrected chi connectivity index (χ3v) is 22.4. The molecule has 612 valence electrons. The number of hydrogen-bond acceptors (Lipinski definition) is 22. The zero-order valence-electron chi connectivity index (χ0n) is 65.5. The van der Waals surface area contributed by atoms with Gasteiger partial charge in [0.05, 0.1) is 65.0 Å². The predicted molar refractivity (Wildman–Crippen MR) is 411 cm³/mol. The Kier molecular flexibility index (Phi) is 28.5. The molecule has 0 spiro atoms. The summed E-state index contributed by atoms with van der Waals surface area (Å²) in [5, 5.41) is 62.4. The van der Waals surface area contributed by atoms with E-state index in [0.717, 1.165) is 38.5 Å². The number of carbonyl (C=O) groups is 10. The molecular weight excluding hydrogens is 1470 g/mol. The molecule has 8 amide bonds. The van der Waals surface area contributed by atoms with E-state index >= 15 is 19.2 Å². The molecule has 2 saturated heterocycles. The number of aromatic nitrogens is 6. The van der Waals surface area contributed by atoms with Gasteiger partial charge in [-0.1, -0.05) is 85.3 Å². The van der Waals surface area contributed by atoms with Crippen LogP contribution >= 0.6 is 0 Å². The predicted octanol–water partition coefficient (Wildman–Crippen LogP) is 3.08. The summed E-state index contributed by atoms with van der Waals surface area (Å²) in [5.41, 5.74) is 2.62. The number of ether oxygens (including phenoxy) is 6. The molecule has 12 bridgehead atoms. The number of carboxylic acid groups (broad SMARTS) is 2. The maximum atomic E-state index is 15.5. The number of nitrogens with zero attached hydrogens (tertiary/aromatic N) is 8. The second kappa shape index (κ2) is 38.9. The Hall–Kier alpha value is -11.4. The third-order valence-electron chi connectivity index (χ3n) is 22.4. The van der Waals surface area contributed by atoms with Gasteiger partial charge in [-0.3, -0.25) is 38.4 Å². The molecule has 8 heterocycles. The maximum Gasteiger partial charge on any atom is 0.326 e. The number of aliphatic carboxylic acids is 2. The van der Waals surface area contributed by atoms with E-state index in [0.29, 0.717) is 93.8 Å². The number of benzene rings is 4. The fraction of sp³-hybridized carbons (Fsp3) is 0.525. The minimum atomic E-state index is -1.54. The number of nitrogens with one attached hydrogen (secondary N) is 8. The smallest absolute Gasteiger partial charge is 0.326 e. The quantitative estimate of drug-likeness (QED) is 0.0525. The largest absolute Gasteiger partial charge is 0.493 e. The van der Waals surface area contributed by atoms with Gasteiger partial charge in [0.2, 0.25) is 47.3 Å². The number of likely N-dealkylation sites (tertiary alicyclic amines) is 2. The summed E-state index contributed by atoms with van der Waals surface area (Å²) in [4.78, 5) is 149. The van der Waals surface area contributed by atoms with E-state index in [1.807, 2.05) is 0 Å². The van der Waals surface area contributed by atoms with E-state index in [9.17, 15) is 39.0 Å². The number of amides is 8. The molecule has 6 aromatic rings. The van der Waals surface area contributed by atoms with Crippen LogP contribution in [0.15, 0.2) is 97.3 Å². The van der Waals surface area contributed by atoms with Gasteiger partial charge in [0, 0.05) is 51.6 Å². The van der Waals surface area contributed by atoms with Crippen LogP contribution in [0, 0.1) is 11.8 Å². The Balaban J connectivity index is 0.926. The molecule has 6 aliphatic heterocycles. The van der Waals surface area contributed by atoms with E-state index < -0.39 is 132 Å². The van der Waals surface area contributed by atoms with Crippen LogP contribution in [0.5, 0.6) is 34.5 Å². The van der Waals surface area contributed by atoms with Gasteiger partial charge in [-0.2, -0.15) is 0 Å². The molecule has 34 nitrogen and oxygen atoms in total. The van der Waals surface area contributed by atoms with Crippen LogP contribution in [0.4, 0.5) is 0 Å². The molecule has 2 saturated carbocycles. The molecule has 0 unspecified atom stereocenters. The molecule has 4 aromatic carbocycles. The molecule has 4 fully saturated rings. The van der Waals surface area contributed by atoms with E-state index in [2.05, 4.69) is 63.2 Å². The number of carboxylic acids is 2. The number of rotatable bonds is 20. The molecule has 14 rings (SSSR count). The van der Waals surface area contributed by atoms with E-state index in [1.165, 1.54) is 47.6 Å². The highest BCUT2D eigenvalue weighted by Gasteiger charge is 2.49. The summed E-state index contributed by atoms with van der Waals surface area (Å²) < 4.78 is 37.6. The van der Waals surface area contributed by atoms with Crippen molar-refractivity contribution in [3.63, 3.8) is 0 Å². The molecular formula is C80H104N16O18. The Morgan fingerprint density at radius 2 is 0.868 bits per heavy atom. The van der Waals surface area contributed by atoms with Crippen molar-refractivity contribution in [2.75, 3.05) is 55.6 Å². The van der Waals surface area contributed by atoms with Crippen molar-refractivity contribution in [1.82, 2.24) is 82.3 Å². The highest BCUT2D eigenvalue weighted by Crippen LogP contribution is 2.37. The van der Waals surface area contributed by atoms with Crippen molar-refractivity contribution in [1.29, 1.82) is 0 Å². The van der Waals surface area contributed by atoms with Gasteiger partial charge in [0.15, 0.2) is 23.0 Å². The summed E-state index contributed by atoms with van der Waals surface area (Å²) >= 11 is 0. The summed E-state index contributed by atoms with van der Waals surface area (Å²) in [6, 6.07) is 9.44. The Bertz CT molecular complexity index is 4100. The van der Waals surface area contributed by atoms with E-state index in [-0.39, 0.29) is 76.7 Å². The zero-order chi connectivity index (χ0) is 81.3. The van der Waals surface area contributed by atoms with Crippen LogP contribution in [0.3, 0.4) is 0 Å². The second-order valence-corrected chi connectivity index (χ2v) is 29.9. The molecule has 114 heavy (non-hydrogen) atoms. The van der Waals surface area contributed by atoms with Gasteiger partial charge in [-0.25, -0.2) is 19.0 Å². The monoisotopic (exact) mass is 1580 g/mol. The van der Waals surface area contributed by atoms with E-state index in [1.54, 1.807) is 125 Å². The van der Waals surface area contributed by atoms with Crippen LogP contribution < -0.4 is 71.0 Å². The number of likely N-dealkylation sites (N-methyl/N-ethyl adjacent to an activating group) is 2. The van der Waals surface area contributed by atoms with Gasteiger partial charge in [0.1, 0.15) is 84.4 Å². The van der Waals surface area contributed by atoms with Crippen molar-refractivity contribution in [3.8, 4) is 34.5 Å². The molecule has 0 radical (unpaired) electrons. The minimum absolute atomic E-state index is 0.0446. The maximum absolute atomic E-state index is 15.5. The molecule has 34 heteroatoms. The van der Waals surface area contributed by atoms with Gasteiger partial charge >= 0.3 is 11.9 Å². The first-order valence-electron chi connectivity index (χ1n) is 38.9. The van der Waals surface area contributed by atoms with Crippen molar-refractivity contribution in [3.05, 3.63) is 131 Å². The lowest BCUT2D eigenvalue weighted by Gasteiger charge is -2.35. The van der Waals surface area contributed by atoms with Gasteiger partial charge in [0.25, 0.3) is 0 Å². The topological polar surface area (TPSA) is 431 Å². The highest BCUT2D eigenvalue weighted by molar-refractivity contribution is 5.98. The average molecular weight is 1580 g/mol. The van der Waals surface area contributed by atoms with Crippen molar-refractivity contribution < 1.29 is 86.6 Å². The molecule has 12 atom stereocenters. The lowest BCUT2D eigenvalue weighted by atomic mass is 9.83. The summed E-state index contributed by atoms with van der Waals surface area (Å²) in [5.74, 6) is -6.31. The summed E-state index contributed by atoms with van der Waals surface area (Å²) in [6.45, 7) is 2.90. The lowest BCUT2D eigenvalue weighted by Crippen LogP contribution is -2.60. The first kappa shape index (κ1) is 83.5. The van der Waals surface area contributed by atoms with Crippen LogP contribution in [-0.4, -0.2) is 225 Å². The first-order chi connectivity index (χ1) is 54.9. The highest BCUT2D eigenvalue weighted by atomic mass is 16.5.